The van der Waals surface area contributed by atoms with Crippen LogP contribution in [0.1, 0.15) is 34.6 Å². The van der Waals surface area contributed by atoms with E-state index >= 15 is 0 Å². The second kappa shape index (κ2) is 13.5. The third-order valence-corrected chi connectivity index (χ3v) is 2.50. The van der Waals surface area contributed by atoms with E-state index in [4.69, 9.17) is 18.9 Å². The van der Waals surface area contributed by atoms with Gasteiger partial charge in [-0.3, -0.25) is 0 Å². The number of ether oxygens (including phenoxy) is 4. The first-order valence-electron chi connectivity index (χ1n) is 7.97. The van der Waals surface area contributed by atoms with Gasteiger partial charge in [-0.2, -0.15) is 0 Å². The summed E-state index contributed by atoms with van der Waals surface area (Å²) in [5, 5.41) is 3.37. The Labute approximate surface area is 130 Å². The summed E-state index contributed by atoms with van der Waals surface area (Å²) in [5.74, 6) is 0. The van der Waals surface area contributed by atoms with Crippen LogP contribution in [0.5, 0.6) is 0 Å². The quantitative estimate of drug-likeness (QED) is 0.498. The number of hydrogen-bond acceptors (Lipinski definition) is 5. The van der Waals surface area contributed by atoms with Crippen LogP contribution >= 0.6 is 0 Å². The molecule has 0 aromatic carbocycles. The lowest BCUT2D eigenvalue weighted by Crippen LogP contribution is -2.29. The van der Waals surface area contributed by atoms with E-state index in [1.165, 1.54) is 0 Å². The summed E-state index contributed by atoms with van der Waals surface area (Å²) in [6, 6.07) is 0. The first-order chi connectivity index (χ1) is 9.92. The van der Waals surface area contributed by atoms with Crippen molar-refractivity contribution in [2.75, 3.05) is 59.3 Å². The molecule has 0 fully saturated rings. The van der Waals surface area contributed by atoms with Crippen LogP contribution in [-0.4, -0.2) is 65.4 Å². The fraction of sp³-hybridized carbons (Fsp3) is 1.00. The maximum absolute atomic E-state index is 5.47. The predicted molar refractivity (Wildman–Crippen MR) is 85.9 cm³/mol. The second-order valence-electron chi connectivity index (χ2n) is 6.49. The van der Waals surface area contributed by atoms with Crippen LogP contribution in [0, 0.1) is 5.41 Å². The molecule has 128 valence electrons. The molecule has 1 N–H and O–H groups in total. The molecule has 0 rings (SSSR count). The normalized spacial score (nSPS) is 12.3. The highest BCUT2D eigenvalue weighted by Crippen LogP contribution is 2.09. The van der Waals surface area contributed by atoms with Gasteiger partial charge in [0, 0.05) is 13.1 Å². The molecule has 0 heterocycles. The van der Waals surface area contributed by atoms with E-state index in [0.717, 1.165) is 19.7 Å². The van der Waals surface area contributed by atoms with E-state index in [9.17, 15) is 0 Å². The number of nitrogens with one attached hydrogen (secondary N) is 1. The van der Waals surface area contributed by atoms with Gasteiger partial charge in [-0.15, -0.1) is 0 Å². The fourth-order valence-electron chi connectivity index (χ4n) is 1.49. The van der Waals surface area contributed by atoms with E-state index < -0.39 is 0 Å². The van der Waals surface area contributed by atoms with Crippen molar-refractivity contribution < 1.29 is 18.9 Å². The molecule has 0 aliphatic carbocycles. The molecule has 0 aromatic rings. The van der Waals surface area contributed by atoms with Crippen molar-refractivity contribution in [2.24, 2.45) is 5.41 Å². The average molecular weight is 305 g/mol. The summed E-state index contributed by atoms with van der Waals surface area (Å²) in [6.07, 6.45) is 0.264. The first-order valence-corrected chi connectivity index (χ1v) is 7.97. The van der Waals surface area contributed by atoms with Crippen LogP contribution in [0.2, 0.25) is 0 Å². The maximum atomic E-state index is 5.47. The van der Waals surface area contributed by atoms with Gasteiger partial charge < -0.3 is 24.3 Å². The zero-order valence-electron chi connectivity index (χ0n) is 14.6. The highest BCUT2D eigenvalue weighted by atomic mass is 16.6. The highest BCUT2D eigenvalue weighted by molar-refractivity contribution is 4.64. The van der Waals surface area contributed by atoms with Crippen molar-refractivity contribution >= 4 is 0 Å². The topological polar surface area (TPSA) is 49.0 Å². The van der Waals surface area contributed by atoms with E-state index in [0.29, 0.717) is 45.1 Å². The molecule has 0 unspecified atom stereocenters. The zero-order valence-corrected chi connectivity index (χ0v) is 14.6. The first kappa shape index (κ1) is 20.8. The summed E-state index contributed by atoms with van der Waals surface area (Å²) in [6.45, 7) is 17.0. The largest absolute Gasteiger partial charge is 0.378 e. The molecule has 0 bridgehead atoms. The predicted octanol–water partition coefficient (Wildman–Crippen LogP) is 2.10. The summed E-state index contributed by atoms with van der Waals surface area (Å²) >= 11 is 0. The van der Waals surface area contributed by atoms with Crippen molar-refractivity contribution in [1.29, 1.82) is 0 Å². The van der Waals surface area contributed by atoms with Gasteiger partial charge in [0.25, 0.3) is 0 Å². The van der Waals surface area contributed by atoms with Crippen LogP contribution < -0.4 is 5.32 Å². The Morgan fingerprint density at radius 3 is 1.71 bits per heavy atom. The molecule has 5 heteroatoms. The maximum Gasteiger partial charge on any atom is 0.0703 e. The molecule has 0 saturated heterocycles. The third kappa shape index (κ3) is 19.8. The summed E-state index contributed by atoms with van der Waals surface area (Å²) in [7, 11) is 0. The van der Waals surface area contributed by atoms with Gasteiger partial charge in [-0.05, 0) is 19.3 Å². The van der Waals surface area contributed by atoms with Gasteiger partial charge >= 0.3 is 0 Å². The van der Waals surface area contributed by atoms with Crippen LogP contribution in [0.25, 0.3) is 0 Å². The van der Waals surface area contributed by atoms with Gasteiger partial charge in [0.1, 0.15) is 0 Å². The minimum absolute atomic E-state index is 0.264. The van der Waals surface area contributed by atoms with E-state index in [-0.39, 0.29) is 6.10 Å². The van der Waals surface area contributed by atoms with Gasteiger partial charge in [-0.1, -0.05) is 20.8 Å². The van der Waals surface area contributed by atoms with Crippen molar-refractivity contribution in [3.63, 3.8) is 0 Å². The van der Waals surface area contributed by atoms with Crippen LogP contribution in [-0.2, 0) is 18.9 Å². The Morgan fingerprint density at radius 1 is 0.762 bits per heavy atom. The molecule has 0 aromatic heterocycles. The van der Waals surface area contributed by atoms with Crippen molar-refractivity contribution in [3.8, 4) is 0 Å². The molecule has 5 nitrogen and oxygen atoms in total. The van der Waals surface area contributed by atoms with Crippen LogP contribution in [0.3, 0.4) is 0 Å². The van der Waals surface area contributed by atoms with E-state index in [1.54, 1.807) is 0 Å². The smallest absolute Gasteiger partial charge is 0.0703 e. The molecule has 0 radical (unpaired) electrons. The second-order valence-corrected chi connectivity index (χ2v) is 6.49. The molecule has 0 spiro atoms. The van der Waals surface area contributed by atoms with Crippen LogP contribution in [0.15, 0.2) is 0 Å². The average Bonchev–Trinajstić information content (AvgIpc) is 2.37. The van der Waals surface area contributed by atoms with Crippen molar-refractivity contribution in [3.05, 3.63) is 0 Å². The Bertz CT molecular complexity index is 217. The Hall–Kier alpha value is -0.200. The Morgan fingerprint density at radius 2 is 1.24 bits per heavy atom. The molecule has 0 atom stereocenters. The Kier molecular flexibility index (Phi) is 13.3. The minimum atomic E-state index is 0.264. The standard InChI is InChI=1S/C16H35NO4/c1-15(2)21-13-12-20-11-10-19-9-8-18-7-6-17-14-16(3,4)5/h15,17H,6-14H2,1-5H3. The highest BCUT2D eigenvalue weighted by Gasteiger charge is 2.08. The summed E-state index contributed by atoms with van der Waals surface area (Å²) in [5.41, 5.74) is 0.323. The van der Waals surface area contributed by atoms with E-state index in [1.807, 2.05) is 13.8 Å². The zero-order chi connectivity index (χ0) is 16.0. The molecule has 0 aliphatic heterocycles. The number of rotatable bonds is 14. The SMILES string of the molecule is CC(C)OCCOCCOCCOCCNCC(C)(C)C. The number of hydrogen-bond donors (Lipinski definition) is 1. The lowest BCUT2D eigenvalue weighted by atomic mass is 9.97. The third-order valence-electron chi connectivity index (χ3n) is 2.50. The van der Waals surface area contributed by atoms with Crippen molar-refractivity contribution in [1.82, 2.24) is 5.32 Å². The van der Waals surface area contributed by atoms with Gasteiger partial charge in [-0.25, -0.2) is 0 Å². The lowest BCUT2D eigenvalue weighted by molar-refractivity contribution is -0.0115. The van der Waals surface area contributed by atoms with Gasteiger partial charge in [0.2, 0.25) is 0 Å². The molecular weight excluding hydrogens is 270 g/mol. The molecule has 0 aliphatic rings. The van der Waals surface area contributed by atoms with Crippen molar-refractivity contribution in [2.45, 2.75) is 40.7 Å². The monoisotopic (exact) mass is 305 g/mol. The van der Waals surface area contributed by atoms with Crippen LogP contribution in [0.4, 0.5) is 0 Å². The fourth-order valence-corrected chi connectivity index (χ4v) is 1.49. The molecule has 21 heavy (non-hydrogen) atoms. The Balaban J connectivity index is 3.03. The summed E-state index contributed by atoms with van der Waals surface area (Å²) < 4.78 is 21.6. The molecular formula is C16H35NO4. The molecule has 0 saturated carbocycles. The lowest BCUT2D eigenvalue weighted by Gasteiger charge is -2.18. The van der Waals surface area contributed by atoms with E-state index in [2.05, 4.69) is 26.1 Å². The van der Waals surface area contributed by atoms with Gasteiger partial charge in [0.15, 0.2) is 0 Å². The molecule has 0 amide bonds. The van der Waals surface area contributed by atoms with Gasteiger partial charge in [0.05, 0.1) is 52.4 Å². The summed E-state index contributed by atoms with van der Waals surface area (Å²) in [4.78, 5) is 0. The minimum Gasteiger partial charge on any atom is -0.378 e.